The van der Waals surface area contributed by atoms with Crippen LogP contribution in [0.5, 0.6) is 0 Å². The number of carbonyl (C=O) groups excluding carboxylic acids is 1. The molecule has 19 heavy (non-hydrogen) atoms. The van der Waals surface area contributed by atoms with Gasteiger partial charge in [-0.05, 0) is 24.6 Å². The maximum absolute atomic E-state index is 12.0. The Morgan fingerprint density at radius 1 is 1.37 bits per heavy atom. The summed E-state index contributed by atoms with van der Waals surface area (Å²) >= 11 is 11.6. The predicted octanol–water partition coefficient (Wildman–Crippen LogP) is 3.37. The lowest BCUT2D eigenvalue weighted by Gasteiger charge is -2.14. The summed E-state index contributed by atoms with van der Waals surface area (Å²) in [4.78, 5) is 23.0. The zero-order valence-corrected chi connectivity index (χ0v) is 12.0. The minimum Gasteiger partial charge on any atom is -0.480 e. The fraction of sp³-hybridized carbons (Fsp3) is 0.385. The Kier molecular flexibility index (Phi) is 6.12. The van der Waals surface area contributed by atoms with Crippen molar-refractivity contribution in [1.82, 2.24) is 5.32 Å². The lowest BCUT2D eigenvalue weighted by Crippen LogP contribution is -2.40. The molecule has 0 bridgehead atoms. The Hall–Kier alpha value is -1.26. The summed E-state index contributed by atoms with van der Waals surface area (Å²) in [5.41, 5.74) is 0.216. The molecule has 0 aliphatic heterocycles. The molecule has 104 valence electrons. The third kappa shape index (κ3) is 4.73. The molecule has 0 fully saturated rings. The van der Waals surface area contributed by atoms with Crippen molar-refractivity contribution in [1.29, 1.82) is 0 Å². The molecule has 2 N–H and O–H groups in total. The Labute approximate surface area is 121 Å². The van der Waals surface area contributed by atoms with Crippen LogP contribution < -0.4 is 5.32 Å². The van der Waals surface area contributed by atoms with Crippen LogP contribution in [0.4, 0.5) is 0 Å². The average Bonchev–Trinajstić information content (AvgIpc) is 2.33. The van der Waals surface area contributed by atoms with E-state index in [0.29, 0.717) is 11.4 Å². The first-order valence-electron chi connectivity index (χ1n) is 5.94. The Bertz CT molecular complexity index is 477. The van der Waals surface area contributed by atoms with Crippen molar-refractivity contribution >= 4 is 35.1 Å². The maximum atomic E-state index is 12.0. The zero-order chi connectivity index (χ0) is 14.4. The quantitative estimate of drug-likeness (QED) is 0.847. The number of hydrogen-bond acceptors (Lipinski definition) is 2. The second kappa shape index (κ2) is 7.36. The van der Waals surface area contributed by atoms with Crippen molar-refractivity contribution in [3.05, 3.63) is 33.8 Å². The van der Waals surface area contributed by atoms with Crippen LogP contribution in [0, 0.1) is 0 Å². The van der Waals surface area contributed by atoms with Crippen LogP contribution in [0.1, 0.15) is 36.5 Å². The van der Waals surface area contributed by atoms with E-state index in [9.17, 15) is 9.59 Å². The minimum atomic E-state index is -1.05. The summed E-state index contributed by atoms with van der Waals surface area (Å²) in [6.07, 6.45) is 1.98. The number of carbonyl (C=O) groups is 2. The SMILES string of the molecule is CCCCC(NC(=O)c1ccc(Cl)cc1Cl)C(=O)O. The maximum Gasteiger partial charge on any atom is 0.326 e. The fourth-order valence-corrected chi connectivity index (χ4v) is 2.07. The third-order valence-corrected chi connectivity index (χ3v) is 3.17. The number of benzene rings is 1. The second-order valence-electron chi connectivity index (χ2n) is 4.13. The molecule has 6 heteroatoms. The summed E-state index contributed by atoms with van der Waals surface area (Å²) in [5.74, 6) is -1.56. The number of hydrogen-bond donors (Lipinski definition) is 2. The van der Waals surface area contributed by atoms with Crippen molar-refractivity contribution < 1.29 is 14.7 Å². The third-order valence-electron chi connectivity index (χ3n) is 2.63. The van der Waals surface area contributed by atoms with Crippen LogP contribution in [-0.4, -0.2) is 23.0 Å². The minimum absolute atomic E-state index is 0.199. The van der Waals surface area contributed by atoms with Crippen molar-refractivity contribution in [3.63, 3.8) is 0 Å². The van der Waals surface area contributed by atoms with E-state index in [2.05, 4.69) is 5.32 Å². The van der Waals surface area contributed by atoms with Crippen LogP contribution in [-0.2, 0) is 4.79 Å². The molecule has 0 saturated heterocycles. The normalized spacial score (nSPS) is 11.9. The summed E-state index contributed by atoms with van der Waals surface area (Å²) in [7, 11) is 0. The van der Waals surface area contributed by atoms with Gasteiger partial charge < -0.3 is 10.4 Å². The number of carboxylic acids is 1. The number of unbranched alkanes of at least 4 members (excludes halogenated alkanes) is 1. The molecule has 0 aromatic heterocycles. The molecule has 4 nitrogen and oxygen atoms in total. The van der Waals surface area contributed by atoms with E-state index in [1.54, 1.807) is 0 Å². The van der Waals surface area contributed by atoms with E-state index in [1.807, 2.05) is 6.92 Å². The van der Waals surface area contributed by atoms with Gasteiger partial charge in [0.15, 0.2) is 0 Å². The standard InChI is InChI=1S/C13H15Cl2NO3/c1-2-3-4-11(13(18)19)16-12(17)9-6-5-8(14)7-10(9)15/h5-7,11H,2-4H2,1H3,(H,16,17)(H,18,19). The molecule has 1 amide bonds. The summed E-state index contributed by atoms with van der Waals surface area (Å²) < 4.78 is 0. The Morgan fingerprint density at radius 3 is 2.58 bits per heavy atom. The van der Waals surface area contributed by atoms with Gasteiger partial charge in [0.05, 0.1) is 10.6 Å². The molecule has 1 atom stereocenters. The number of aliphatic carboxylic acids is 1. The average molecular weight is 304 g/mol. The van der Waals surface area contributed by atoms with Gasteiger partial charge in [-0.25, -0.2) is 4.79 Å². The van der Waals surface area contributed by atoms with Crippen molar-refractivity contribution in [2.45, 2.75) is 32.2 Å². The van der Waals surface area contributed by atoms with E-state index in [0.717, 1.165) is 12.8 Å². The Balaban J connectivity index is 2.78. The number of amides is 1. The molecule has 1 aromatic rings. The van der Waals surface area contributed by atoms with E-state index in [4.69, 9.17) is 28.3 Å². The topological polar surface area (TPSA) is 66.4 Å². The highest BCUT2D eigenvalue weighted by Gasteiger charge is 2.21. The summed E-state index contributed by atoms with van der Waals surface area (Å²) in [6.45, 7) is 1.96. The molecule has 0 saturated carbocycles. The molecule has 0 aliphatic carbocycles. The number of carboxylic acid groups (broad SMARTS) is 1. The molecule has 1 unspecified atom stereocenters. The highest BCUT2D eigenvalue weighted by atomic mass is 35.5. The smallest absolute Gasteiger partial charge is 0.326 e. The molecule has 0 heterocycles. The van der Waals surface area contributed by atoms with Gasteiger partial charge >= 0.3 is 5.97 Å². The first kappa shape index (κ1) is 15.8. The first-order chi connectivity index (χ1) is 8.95. The van der Waals surface area contributed by atoms with Gasteiger partial charge in [-0.3, -0.25) is 4.79 Å². The first-order valence-corrected chi connectivity index (χ1v) is 6.70. The van der Waals surface area contributed by atoms with Crippen molar-refractivity contribution in [3.8, 4) is 0 Å². The molecular formula is C13H15Cl2NO3. The van der Waals surface area contributed by atoms with Gasteiger partial charge in [0.25, 0.3) is 5.91 Å². The van der Waals surface area contributed by atoms with Crippen LogP contribution in [0.15, 0.2) is 18.2 Å². The van der Waals surface area contributed by atoms with Gasteiger partial charge in [-0.15, -0.1) is 0 Å². The van der Waals surface area contributed by atoms with Crippen molar-refractivity contribution in [2.75, 3.05) is 0 Å². The highest BCUT2D eigenvalue weighted by Crippen LogP contribution is 2.21. The van der Waals surface area contributed by atoms with Crippen LogP contribution in [0.25, 0.3) is 0 Å². The fourth-order valence-electron chi connectivity index (χ4n) is 1.58. The van der Waals surface area contributed by atoms with E-state index < -0.39 is 17.9 Å². The van der Waals surface area contributed by atoms with E-state index in [-0.39, 0.29) is 10.6 Å². The van der Waals surface area contributed by atoms with Gasteiger partial charge in [-0.1, -0.05) is 43.0 Å². The van der Waals surface area contributed by atoms with Crippen molar-refractivity contribution in [2.24, 2.45) is 0 Å². The molecule has 0 aliphatic rings. The number of halogens is 2. The monoisotopic (exact) mass is 303 g/mol. The molecular weight excluding hydrogens is 289 g/mol. The molecule has 0 radical (unpaired) electrons. The summed E-state index contributed by atoms with van der Waals surface area (Å²) in [5, 5.41) is 12.1. The lowest BCUT2D eigenvalue weighted by molar-refractivity contribution is -0.139. The molecule has 1 aromatic carbocycles. The number of rotatable bonds is 6. The van der Waals surface area contributed by atoms with Crippen LogP contribution >= 0.6 is 23.2 Å². The lowest BCUT2D eigenvalue weighted by atomic mass is 10.1. The largest absolute Gasteiger partial charge is 0.480 e. The Morgan fingerprint density at radius 2 is 2.05 bits per heavy atom. The van der Waals surface area contributed by atoms with Crippen LogP contribution in [0.2, 0.25) is 10.0 Å². The van der Waals surface area contributed by atoms with E-state index in [1.165, 1.54) is 18.2 Å². The zero-order valence-electron chi connectivity index (χ0n) is 10.5. The molecule has 0 spiro atoms. The second-order valence-corrected chi connectivity index (χ2v) is 4.97. The van der Waals surface area contributed by atoms with Gasteiger partial charge in [0, 0.05) is 5.02 Å². The molecule has 1 rings (SSSR count). The van der Waals surface area contributed by atoms with Crippen LogP contribution in [0.3, 0.4) is 0 Å². The highest BCUT2D eigenvalue weighted by molar-refractivity contribution is 6.36. The predicted molar refractivity (Wildman–Crippen MR) is 74.9 cm³/mol. The van der Waals surface area contributed by atoms with Gasteiger partial charge in [0.1, 0.15) is 6.04 Å². The number of nitrogens with one attached hydrogen (secondary N) is 1. The summed E-state index contributed by atoms with van der Waals surface area (Å²) in [6, 6.07) is 3.54. The van der Waals surface area contributed by atoms with Gasteiger partial charge in [-0.2, -0.15) is 0 Å². The van der Waals surface area contributed by atoms with E-state index >= 15 is 0 Å². The van der Waals surface area contributed by atoms with Gasteiger partial charge in [0.2, 0.25) is 0 Å².